The standard InChI is InChI=1S/C27H30N4O2/c1-4-14-28-26(33)27(13-16-31(19-27)25(32)24-12-15-30(3)29-24)18-21-6-5-7-23(17-21)22-10-8-20(2)9-11-22/h4-12,15,17H,1,13-14,16,18-19H2,2-3H3,(H,28,33)/t27-/m0/s1. The molecule has 1 aromatic heterocycles. The van der Waals surface area contributed by atoms with Crippen LogP contribution in [0.2, 0.25) is 0 Å². The van der Waals surface area contributed by atoms with Crippen molar-refractivity contribution in [3.8, 4) is 11.1 Å². The molecule has 1 saturated heterocycles. The molecule has 1 N–H and O–H groups in total. The van der Waals surface area contributed by atoms with Crippen molar-refractivity contribution in [2.75, 3.05) is 19.6 Å². The molecule has 2 heterocycles. The van der Waals surface area contributed by atoms with Crippen molar-refractivity contribution in [1.82, 2.24) is 20.0 Å². The molecule has 3 aromatic rings. The lowest BCUT2D eigenvalue weighted by atomic mass is 9.79. The maximum Gasteiger partial charge on any atom is 0.274 e. The topological polar surface area (TPSA) is 67.2 Å². The molecule has 33 heavy (non-hydrogen) atoms. The average Bonchev–Trinajstić information content (AvgIpc) is 3.45. The summed E-state index contributed by atoms with van der Waals surface area (Å²) in [6.07, 6.45) is 4.59. The first-order valence-corrected chi connectivity index (χ1v) is 11.2. The lowest BCUT2D eigenvalue weighted by molar-refractivity contribution is -0.130. The van der Waals surface area contributed by atoms with Gasteiger partial charge >= 0.3 is 0 Å². The molecule has 0 bridgehead atoms. The Bertz CT molecular complexity index is 1160. The molecule has 0 radical (unpaired) electrons. The number of aromatic nitrogens is 2. The highest BCUT2D eigenvalue weighted by Gasteiger charge is 2.46. The number of nitrogens with one attached hydrogen (secondary N) is 1. The van der Waals surface area contributed by atoms with Gasteiger partial charge in [0.2, 0.25) is 5.91 Å². The number of benzene rings is 2. The molecule has 0 spiro atoms. The van der Waals surface area contributed by atoms with Crippen LogP contribution in [0.3, 0.4) is 0 Å². The number of carbonyl (C=O) groups is 2. The summed E-state index contributed by atoms with van der Waals surface area (Å²) < 4.78 is 1.61. The predicted octanol–water partition coefficient (Wildman–Crippen LogP) is 3.77. The predicted molar refractivity (Wildman–Crippen MR) is 130 cm³/mol. The Morgan fingerprint density at radius 3 is 2.64 bits per heavy atom. The van der Waals surface area contributed by atoms with Gasteiger partial charge in [-0.2, -0.15) is 5.10 Å². The molecule has 1 aliphatic rings. The van der Waals surface area contributed by atoms with E-state index in [0.717, 1.165) is 16.7 Å². The van der Waals surface area contributed by atoms with E-state index in [1.54, 1.807) is 35.0 Å². The third kappa shape index (κ3) is 4.90. The van der Waals surface area contributed by atoms with Crippen molar-refractivity contribution in [3.05, 3.63) is 90.3 Å². The molecule has 170 valence electrons. The van der Waals surface area contributed by atoms with E-state index in [4.69, 9.17) is 0 Å². The Hall–Kier alpha value is -3.67. The van der Waals surface area contributed by atoms with Gasteiger partial charge in [0.1, 0.15) is 5.69 Å². The quantitative estimate of drug-likeness (QED) is 0.567. The van der Waals surface area contributed by atoms with Gasteiger partial charge in [-0.3, -0.25) is 14.3 Å². The molecule has 4 rings (SSSR count). The van der Waals surface area contributed by atoms with E-state index in [-0.39, 0.29) is 11.8 Å². The molecule has 2 aromatic carbocycles. The van der Waals surface area contributed by atoms with E-state index in [1.165, 1.54) is 5.56 Å². The van der Waals surface area contributed by atoms with E-state index in [1.807, 2.05) is 6.07 Å². The lowest BCUT2D eigenvalue weighted by Gasteiger charge is -2.28. The van der Waals surface area contributed by atoms with Crippen LogP contribution in [0.5, 0.6) is 0 Å². The molecule has 0 aliphatic carbocycles. The minimum Gasteiger partial charge on any atom is -0.352 e. The first-order valence-electron chi connectivity index (χ1n) is 11.2. The van der Waals surface area contributed by atoms with E-state index in [9.17, 15) is 9.59 Å². The second-order valence-electron chi connectivity index (χ2n) is 8.87. The Balaban J connectivity index is 1.60. The molecular formula is C27H30N4O2. The number of rotatable bonds is 7. The van der Waals surface area contributed by atoms with Gasteiger partial charge < -0.3 is 10.2 Å². The van der Waals surface area contributed by atoms with Gasteiger partial charge in [-0.25, -0.2) is 0 Å². The molecule has 6 nitrogen and oxygen atoms in total. The number of aryl methyl sites for hydroxylation is 2. The van der Waals surface area contributed by atoms with E-state index < -0.39 is 5.41 Å². The zero-order valence-electron chi connectivity index (χ0n) is 19.3. The van der Waals surface area contributed by atoms with Crippen LogP contribution in [0.1, 0.15) is 28.0 Å². The second kappa shape index (κ2) is 9.45. The van der Waals surface area contributed by atoms with Crippen molar-refractivity contribution in [1.29, 1.82) is 0 Å². The van der Waals surface area contributed by atoms with Gasteiger partial charge in [-0.05, 0) is 42.5 Å². The molecule has 0 saturated carbocycles. The number of nitrogens with zero attached hydrogens (tertiary/aromatic N) is 3. The first kappa shape index (κ1) is 22.5. The third-order valence-electron chi connectivity index (χ3n) is 6.32. The molecular weight excluding hydrogens is 412 g/mol. The Kier molecular flexibility index (Phi) is 6.45. The fraction of sp³-hybridized carbons (Fsp3) is 0.296. The Morgan fingerprint density at radius 1 is 1.15 bits per heavy atom. The highest BCUT2D eigenvalue weighted by atomic mass is 16.2. The molecule has 1 fully saturated rings. The first-order chi connectivity index (χ1) is 15.9. The summed E-state index contributed by atoms with van der Waals surface area (Å²) in [5.41, 5.74) is 4.27. The zero-order chi connectivity index (χ0) is 23.4. The summed E-state index contributed by atoms with van der Waals surface area (Å²) in [5, 5.41) is 7.22. The van der Waals surface area contributed by atoms with Gasteiger partial charge in [0, 0.05) is 32.9 Å². The van der Waals surface area contributed by atoms with Crippen LogP contribution >= 0.6 is 0 Å². The van der Waals surface area contributed by atoms with Crippen molar-refractivity contribution in [3.63, 3.8) is 0 Å². The van der Waals surface area contributed by atoms with Gasteiger partial charge in [-0.15, -0.1) is 6.58 Å². The third-order valence-corrected chi connectivity index (χ3v) is 6.32. The molecule has 2 amide bonds. The number of carbonyl (C=O) groups excluding carboxylic acids is 2. The molecule has 1 atom stereocenters. The highest BCUT2D eigenvalue weighted by molar-refractivity contribution is 5.93. The van der Waals surface area contributed by atoms with Crippen LogP contribution in [0.4, 0.5) is 0 Å². The van der Waals surface area contributed by atoms with Crippen LogP contribution in [-0.2, 0) is 18.3 Å². The van der Waals surface area contributed by atoms with Crippen LogP contribution in [0.15, 0.2) is 73.4 Å². The molecule has 0 unspecified atom stereocenters. The molecule has 1 aliphatic heterocycles. The SMILES string of the molecule is C=CCNC(=O)[C@]1(Cc2cccc(-c3ccc(C)cc3)c2)CCN(C(=O)c2ccn(C)n2)C1. The normalized spacial score (nSPS) is 17.7. The van der Waals surface area contributed by atoms with Crippen LogP contribution < -0.4 is 5.32 Å². The van der Waals surface area contributed by atoms with Crippen LogP contribution in [0, 0.1) is 12.3 Å². The summed E-state index contributed by atoms with van der Waals surface area (Å²) in [7, 11) is 1.79. The Labute approximate surface area is 194 Å². The van der Waals surface area contributed by atoms with E-state index >= 15 is 0 Å². The second-order valence-corrected chi connectivity index (χ2v) is 8.87. The fourth-order valence-corrected chi connectivity index (χ4v) is 4.50. The zero-order valence-corrected chi connectivity index (χ0v) is 19.3. The van der Waals surface area contributed by atoms with Crippen LogP contribution in [0.25, 0.3) is 11.1 Å². The van der Waals surface area contributed by atoms with Gasteiger partial charge in [0.05, 0.1) is 5.41 Å². The number of amides is 2. The summed E-state index contributed by atoms with van der Waals surface area (Å²) in [4.78, 5) is 28.1. The maximum absolute atomic E-state index is 13.3. The van der Waals surface area contributed by atoms with Crippen LogP contribution in [-0.4, -0.2) is 46.1 Å². The highest BCUT2D eigenvalue weighted by Crippen LogP contribution is 2.36. The minimum absolute atomic E-state index is 0.0422. The number of likely N-dealkylation sites (tertiary alicyclic amines) is 1. The van der Waals surface area contributed by atoms with E-state index in [0.29, 0.717) is 38.2 Å². The molecule has 6 heteroatoms. The van der Waals surface area contributed by atoms with E-state index in [2.05, 4.69) is 66.4 Å². The maximum atomic E-state index is 13.3. The summed E-state index contributed by atoms with van der Waals surface area (Å²) in [5.74, 6) is -0.179. The monoisotopic (exact) mass is 442 g/mol. The summed E-state index contributed by atoms with van der Waals surface area (Å²) >= 11 is 0. The number of hydrogen-bond acceptors (Lipinski definition) is 3. The smallest absolute Gasteiger partial charge is 0.274 e. The van der Waals surface area contributed by atoms with Crippen molar-refractivity contribution in [2.45, 2.75) is 19.8 Å². The average molecular weight is 443 g/mol. The summed E-state index contributed by atoms with van der Waals surface area (Å²) in [6.45, 7) is 7.07. The van der Waals surface area contributed by atoms with Crippen molar-refractivity contribution >= 4 is 11.8 Å². The van der Waals surface area contributed by atoms with Gasteiger partial charge in [-0.1, -0.05) is 60.2 Å². The van der Waals surface area contributed by atoms with Crippen molar-refractivity contribution < 1.29 is 9.59 Å². The minimum atomic E-state index is -0.695. The van der Waals surface area contributed by atoms with Gasteiger partial charge in [0.25, 0.3) is 5.91 Å². The summed E-state index contributed by atoms with van der Waals surface area (Å²) in [6, 6.07) is 18.5. The Morgan fingerprint density at radius 2 is 1.94 bits per heavy atom. The largest absolute Gasteiger partial charge is 0.352 e. The van der Waals surface area contributed by atoms with Gasteiger partial charge in [0.15, 0.2) is 0 Å². The lowest BCUT2D eigenvalue weighted by Crippen LogP contribution is -2.45. The van der Waals surface area contributed by atoms with Crippen molar-refractivity contribution in [2.24, 2.45) is 12.5 Å². The number of hydrogen-bond donors (Lipinski definition) is 1. The fourth-order valence-electron chi connectivity index (χ4n) is 4.50.